The fraction of sp³-hybridized carbons (Fsp3) is 0.133. The van der Waals surface area contributed by atoms with Crippen molar-refractivity contribution in [1.29, 1.82) is 0 Å². The van der Waals surface area contributed by atoms with Crippen molar-refractivity contribution >= 4 is 44.6 Å². The Bertz CT molecular complexity index is 1500. The minimum atomic E-state index is -0.0128. The van der Waals surface area contributed by atoms with Gasteiger partial charge in [0.2, 0.25) is 0 Å². The smallest absolute Gasteiger partial charge is 0.262 e. The van der Waals surface area contributed by atoms with Crippen LogP contribution in [0, 0.1) is 0 Å². The predicted octanol–water partition coefficient (Wildman–Crippen LogP) is 6.02. The molecule has 0 amide bonds. The maximum atomic E-state index is 6.62. The molecule has 0 aromatic heterocycles. The van der Waals surface area contributed by atoms with E-state index in [1.807, 2.05) is 0 Å². The Kier molecular flexibility index (Phi) is 3.66. The maximum Gasteiger partial charge on any atom is 0.262 e. The van der Waals surface area contributed by atoms with Gasteiger partial charge in [0.05, 0.1) is 0 Å². The molecule has 2 aliphatic rings. The molecule has 0 aliphatic carbocycles. The Balaban J connectivity index is 1.63. The lowest BCUT2D eigenvalue weighted by molar-refractivity contribution is 0.459. The number of benzene rings is 5. The highest BCUT2D eigenvalue weighted by atomic mass is 16.5. The standard InChI is InChI=1S/C30H23BO2/c1-30(2,3)20-16-25-29-26(17-20)33-24-15-13-19-9-5-7-11-22(19)28(24)31(29)27-21-10-6-4-8-18(21)12-14-23(27)32-25/h4-17H,1-3H3. The van der Waals surface area contributed by atoms with Crippen molar-refractivity contribution in [2.45, 2.75) is 26.2 Å². The van der Waals surface area contributed by atoms with Crippen LogP contribution in [0.2, 0.25) is 0 Å². The zero-order valence-electron chi connectivity index (χ0n) is 19.0. The molecule has 0 spiro atoms. The van der Waals surface area contributed by atoms with Gasteiger partial charge < -0.3 is 9.47 Å². The minimum absolute atomic E-state index is 0.0128. The van der Waals surface area contributed by atoms with Crippen molar-refractivity contribution in [2.24, 2.45) is 0 Å². The summed E-state index contributed by atoms with van der Waals surface area (Å²) in [6.07, 6.45) is 0. The summed E-state index contributed by atoms with van der Waals surface area (Å²) < 4.78 is 13.2. The Morgan fingerprint density at radius 1 is 0.545 bits per heavy atom. The molecule has 0 bridgehead atoms. The average molecular weight is 426 g/mol. The fourth-order valence-electron chi connectivity index (χ4n) is 5.48. The molecule has 3 heteroatoms. The number of hydrogen-bond acceptors (Lipinski definition) is 2. The Morgan fingerprint density at radius 2 is 1.03 bits per heavy atom. The van der Waals surface area contributed by atoms with E-state index in [0.717, 1.165) is 28.5 Å². The quantitative estimate of drug-likeness (QED) is 0.276. The van der Waals surface area contributed by atoms with E-state index < -0.39 is 0 Å². The van der Waals surface area contributed by atoms with Crippen LogP contribution in [-0.4, -0.2) is 6.71 Å². The molecule has 33 heavy (non-hydrogen) atoms. The van der Waals surface area contributed by atoms with Gasteiger partial charge in [-0.3, -0.25) is 0 Å². The van der Waals surface area contributed by atoms with E-state index >= 15 is 0 Å². The van der Waals surface area contributed by atoms with Crippen molar-refractivity contribution in [3.63, 3.8) is 0 Å². The molecular formula is C30H23BO2. The number of fused-ring (bicyclic) bond motifs is 8. The van der Waals surface area contributed by atoms with Crippen molar-refractivity contribution in [1.82, 2.24) is 0 Å². The molecule has 0 radical (unpaired) electrons. The van der Waals surface area contributed by atoms with Crippen LogP contribution < -0.4 is 25.9 Å². The Labute approximate surface area is 193 Å². The van der Waals surface area contributed by atoms with E-state index in [1.165, 1.54) is 38.0 Å². The Morgan fingerprint density at radius 3 is 1.52 bits per heavy atom. The van der Waals surface area contributed by atoms with Gasteiger partial charge in [0.25, 0.3) is 6.71 Å². The lowest BCUT2D eigenvalue weighted by atomic mass is 9.33. The molecule has 2 heterocycles. The largest absolute Gasteiger partial charge is 0.458 e. The lowest BCUT2D eigenvalue weighted by Gasteiger charge is -2.35. The highest BCUT2D eigenvalue weighted by Crippen LogP contribution is 2.40. The van der Waals surface area contributed by atoms with Gasteiger partial charge in [0.15, 0.2) is 0 Å². The van der Waals surface area contributed by atoms with Crippen LogP contribution in [0.4, 0.5) is 0 Å². The van der Waals surface area contributed by atoms with Gasteiger partial charge in [-0.1, -0.05) is 81.4 Å². The second-order valence-electron chi connectivity index (χ2n) is 10.2. The molecule has 5 aromatic carbocycles. The molecule has 0 unspecified atom stereocenters. The SMILES string of the molecule is CC(C)(C)c1cc2c3c(c1)Oc1ccc4ccccc4c1B3c1c(ccc3ccccc13)O2. The molecule has 7 rings (SSSR count). The van der Waals surface area contributed by atoms with Gasteiger partial charge in [0, 0.05) is 5.46 Å². The minimum Gasteiger partial charge on any atom is -0.458 e. The van der Waals surface area contributed by atoms with Crippen LogP contribution in [0.1, 0.15) is 26.3 Å². The van der Waals surface area contributed by atoms with Crippen molar-refractivity contribution in [3.05, 3.63) is 90.5 Å². The highest BCUT2D eigenvalue weighted by Gasteiger charge is 2.42. The third-order valence-corrected chi connectivity index (χ3v) is 7.14. The van der Waals surface area contributed by atoms with Crippen LogP contribution in [0.15, 0.2) is 84.9 Å². The summed E-state index contributed by atoms with van der Waals surface area (Å²) in [4.78, 5) is 0. The molecule has 2 nitrogen and oxygen atoms in total. The van der Waals surface area contributed by atoms with Gasteiger partial charge >= 0.3 is 0 Å². The Hall–Kier alpha value is -3.72. The first-order valence-corrected chi connectivity index (χ1v) is 11.6. The molecule has 0 fully saturated rings. The fourth-order valence-corrected chi connectivity index (χ4v) is 5.48. The lowest BCUT2D eigenvalue weighted by Crippen LogP contribution is -2.58. The first-order chi connectivity index (χ1) is 16.0. The van der Waals surface area contributed by atoms with E-state index in [-0.39, 0.29) is 12.1 Å². The van der Waals surface area contributed by atoms with Crippen LogP contribution in [-0.2, 0) is 5.41 Å². The summed E-state index contributed by atoms with van der Waals surface area (Å²) in [7, 11) is 0. The first kappa shape index (κ1) is 18.8. The molecular weight excluding hydrogens is 403 g/mol. The third kappa shape index (κ3) is 2.62. The zero-order chi connectivity index (χ0) is 22.3. The van der Waals surface area contributed by atoms with E-state index in [0.29, 0.717) is 0 Å². The van der Waals surface area contributed by atoms with Crippen molar-refractivity contribution in [2.75, 3.05) is 0 Å². The van der Waals surface area contributed by atoms with Gasteiger partial charge in [-0.15, -0.1) is 0 Å². The van der Waals surface area contributed by atoms with Gasteiger partial charge in [-0.05, 0) is 67.7 Å². The molecule has 158 valence electrons. The summed E-state index contributed by atoms with van der Waals surface area (Å²) in [5.41, 5.74) is 4.79. The molecule has 0 saturated heterocycles. The second-order valence-corrected chi connectivity index (χ2v) is 10.2. The van der Waals surface area contributed by atoms with E-state index in [4.69, 9.17) is 9.47 Å². The topological polar surface area (TPSA) is 18.5 Å². The van der Waals surface area contributed by atoms with Crippen LogP contribution in [0.25, 0.3) is 21.5 Å². The number of rotatable bonds is 0. The van der Waals surface area contributed by atoms with E-state index in [1.54, 1.807) is 0 Å². The third-order valence-electron chi connectivity index (χ3n) is 7.14. The highest BCUT2D eigenvalue weighted by molar-refractivity contribution is 7.00. The average Bonchev–Trinajstić information content (AvgIpc) is 2.82. The summed E-state index contributed by atoms with van der Waals surface area (Å²) in [6, 6.07) is 30.2. The van der Waals surface area contributed by atoms with Crippen LogP contribution >= 0.6 is 0 Å². The molecule has 5 aromatic rings. The molecule has 0 N–H and O–H groups in total. The van der Waals surface area contributed by atoms with Crippen LogP contribution in [0.3, 0.4) is 0 Å². The summed E-state index contributed by atoms with van der Waals surface area (Å²) in [5, 5.41) is 4.92. The summed E-state index contributed by atoms with van der Waals surface area (Å²) in [6.45, 7) is 6.74. The summed E-state index contributed by atoms with van der Waals surface area (Å²) >= 11 is 0. The van der Waals surface area contributed by atoms with Gasteiger partial charge in [0.1, 0.15) is 23.0 Å². The normalized spacial score (nSPS) is 13.7. The van der Waals surface area contributed by atoms with E-state index in [9.17, 15) is 0 Å². The molecule has 0 saturated carbocycles. The van der Waals surface area contributed by atoms with Crippen molar-refractivity contribution in [3.8, 4) is 23.0 Å². The summed E-state index contributed by atoms with van der Waals surface area (Å²) in [5.74, 6) is 3.68. The number of ether oxygens (including phenoxy) is 2. The maximum absolute atomic E-state index is 6.62. The molecule has 0 atom stereocenters. The zero-order valence-corrected chi connectivity index (χ0v) is 19.0. The van der Waals surface area contributed by atoms with Gasteiger partial charge in [-0.2, -0.15) is 0 Å². The number of hydrogen-bond donors (Lipinski definition) is 0. The monoisotopic (exact) mass is 426 g/mol. The first-order valence-electron chi connectivity index (χ1n) is 11.6. The molecule has 2 aliphatic heterocycles. The predicted molar refractivity (Wildman–Crippen MR) is 138 cm³/mol. The van der Waals surface area contributed by atoms with Gasteiger partial charge in [-0.25, -0.2) is 0 Å². The second kappa shape index (κ2) is 6.42. The van der Waals surface area contributed by atoms with Crippen LogP contribution in [0.5, 0.6) is 23.0 Å². The van der Waals surface area contributed by atoms with Crippen molar-refractivity contribution < 1.29 is 9.47 Å². The van der Waals surface area contributed by atoms with E-state index in [2.05, 4.69) is 106 Å².